The van der Waals surface area contributed by atoms with Gasteiger partial charge in [0.25, 0.3) is 0 Å². The number of hydrogen-bond acceptors (Lipinski definition) is 2. The first-order valence-electron chi connectivity index (χ1n) is 6.55. The lowest BCUT2D eigenvalue weighted by Gasteiger charge is -2.57. The van der Waals surface area contributed by atoms with Crippen LogP contribution in [0.4, 0.5) is 0 Å². The first kappa shape index (κ1) is 10.1. The van der Waals surface area contributed by atoms with Crippen molar-refractivity contribution >= 4 is 0 Å². The maximum Gasteiger partial charge on any atom is 0.0240 e. The first-order chi connectivity index (χ1) is 7.15. The van der Waals surface area contributed by atoms with Gasteiger partial charge in [0.1, 0.15) is 0 Å². The predicted octanol–water partition coefficient (Wildman–Crippen LogP) is 2.91. The zero-order chi connectivity index (χ0) is 10.5. The first-order valence-corrected chi connectivity index (χ1v) is 6.55. The normalized spacial score (nSPS) is 47.8. The van der Waals surface area contributed by atoms with Gasteiger partial charge < -0.3 is 5.21 Å². The van der Waals surface area contributed by atoms with Crippen molar-refractivity contribution in [1.29, 1.82) is 0 Å². The van der Waals surface area contributed by atoms with Gasteiger partial charge in [0.2, 0.25) is 0 Å². The fourth-order valence-corrected chi connectivity index (χ4v) is 5.00. The molecule has 4 bridgehead atoms. The van der Waals surface area contributed by atoms with Gasteiger partial charge in [-0.3, -0.25) is 0 Å². The van der Waals surface area contributed by atoms with E-state index in [1.165, 1.54) is 50.0 Å². The van der Waals surface area contributed by atoms with E-state index in [2.05, 4.69) is 0 Å². The summed E-state index contributed by atoms with van der Waals surface area (Å²) in [6.07, 6.45) is 10.2. The molecule has 0 aromatic rings. The van der Waals surface area contributed by atoms with Crippen LogP contribution in [-0.4, -0.2) is 23.9 Å². The van der Waals surface area contributed by atoms with Gasteiger partial charge in [-0.1, -0.05) is 0 Å². The third kappa shape index (κ3) is 1.83. The Morgan fingerprint density at radius 2 is 1.53 bits per heavy atom. The molecule has 0 amide bonds. The molecule has 2 heteroatoms. The highest BCUT2D eigenvalue weighted by molar-refractivity contribution is 5.01. The Morgan fingerprint density at radius 1 is 1.07 bits per heavy atom. The Kier molecular flexibility index (Phi) is 2.33. The van der Waals surface area contributed by atoms with Gasteiger partial charge in [0.05, 0.1) is 0 Å². The van der Waals surface area contributed by atoms with Gasteiger partial charge in [-0.25, -0.2) is 0 Å². The molecule has 0 atom stereocenters. The lowest BCUT2D eigenvalue weighted by molar-refractivity contribution is -0.102. The molecule has 1 N–H and O–H groups in total. The number of hydroxylamine groups is 2. The summed E-state index contributed by atoms with van der Waals surface area (Å²) in [7, 11) is 1.78. The van der Waals surface area contributed by atoms with Crippen LogP contribution in [0.1, 0.15) is 44.9 Å². The summed E-state index contributed by atoms with van der Waals surface area (Å²) >= 11 is 0. The van der Waals surface area contributed by atoms with E-state index in [-0.39, 0.29) is 0 Å². The second-order valence-electron chi connectivity index (χ2n) is 6.55. The Labute approximate surface area is 92.6 Å². The van der Waals surface area contributed by atoms with Gasteiger partial charge in [-0.05, 0) is 68.1 Å². The van der Waals surface area contributed by atoms with E-state index in [1.54, 1.807) is 7.05 Å². The van der Waals surface area contributed by atoms with Crippen LogP contribution in [0.15, 0.2) is 0 Å². The molecule has 4 saturated carbocycles. The molecule has 86 valence electrons. The summed E-state index contributed by atoms with van der Waals surface area (Å²) < 4.78 is 0. The monoisotopic (exact) mass is 209 g/mol. The van der Waals surface area contributed by atoms with Crippen LogP contribution in [-0.2, 0) is 0 Å². The fraction of sp³-hybridized carbons (Fsp3) is 1.00. The number of hydrogen-bond donors (Lipinski definition) is 1. The Morgan fingerprint density at radius 3 is 1.93 bits per heavy atom. The van der Waals surface area contributed by atoms with E-state index in [0.717, 1.165) is 24.3 Å². The average molecular weight is 209 g/mol. The Bertz CT molecular complexity index is 214. The Hall–Kier alpha value is -0.0800. The van der Waals surface area contributed by atoms with E-state index in [4.69, 9.17) is 0 Å². The molecule has 4 aliphatic rings. The molecule has 4 fully saturated rings. The zero-order valence-corrected chi connectivity index (χ0v) is 9.78. The highest BCUT2D eigenvalue weighted by Gasteiger charge is 2.50. The molecule has 0 aliphatic heterocycles. The van der Waals surface area contributed by atoms with Crippen LogP contribution in [0.25, 0.3) is 0 Å². The minimum absolute atomic E-state index is 0.631. The molecule has 0 aromatic heterocycles. The molecule has 0 radical (unpaired) electrons. The Balaban J connectivity index is 1.70. The van der Waals surface area contributed by atoms with Crippen LogP contribution >= 0.6 is 0 Å². The van der Waals surface area contributed by atoms with Crippen molar-refractivity contribution in [2.24, 2.45) is 23.2 Å². The molecule has 0 spiro atoms. The maximum absolute atomic E-state index is 9.29. The van der Waals surface area contributed by atoms with Crippen LogP contribution in [0.5, 0.6) is 0 Å². The number of rotatable bonds is 3. The van der Waals surface area contributed by atoms with Crippen molar-refractivity contribution in [3.05, 3.63) is 0 Å². The second-order valence-corrected chi connectivity index (χ2v) is 6.55. The highest BCUT2D eigenvalue weighted by atomic mass is 16.5. The molecule has 2 nitrogen and oxygen atoms in total. The summed E-state index contributed by atoms with van der Waals surface area (Å²) in [6, 6.07) is 0. The molecule has 0 heterocycles. The van der Waals surface area contributed by atoms with E-state index < -0.39 is 0 Å². The van der Waals surface area contributed by atoms with Crippen LogP contribution in [0.2, 0.25) is 0 Å². The second kappa shape index (κ2) is 3.46. The highest BCUT2D eigenvalue weighted by Crippen LogP contribution is 2.61. The lowest BCUT2D eigenvalue weighted by Crippen LogP contribution is -2.46. The summed E-state index contributed by atoms with van der Waals surface area (Å²) in [5.74, 6) is 3.13. The van der Waals surface area contributed by atoms with Crippen molar-refractivity contribution in [3.8, 4) is 0 Å². The van der Waals surface area contributed by atoms with Gasteiger partial charge in [-0.2, -0.15) is 5.06 Å². The molecule has 0 unspecified atom stereocenters. The molecule has 0 saturated heterocycles. The standard InChI is InChI=1S/C13H23NO/c1-14(15)3-2-13-7-10-4-11(8-13)6-12(5-10)9-13/h10-12,15H,2-9H2,1H3. The summed E-state index contributed by atoms with van der Waals surface area (Å²) in [5, 5.41) is 10.7. The third-order valence-electron chi connectivity index (χ3n) is 5.13. The fourth-order valence-electron chi connectivity index (χ4n) is 5.00. The molecule has 4 rings (SSSR count). The van der Waals surface area contributed by atoms with Crippen molar-refractivity contribution in [2.75, 3.05) is 13.6 Å². The van der Waals surface area contributed by atoms with Crippen molar-refractivity contribution in [3.63, 3.8) is 0 Å². The van der Waals surface area contributed by atoms with Crippen molar-refractivity contribution in [1.82, 2.24) is 5.06 Å². The maximum atomic E-state index is 9.29. The van der Waals surface area contributed by atoms with E-state index >= 15 is 0 Å². The predicted molar refractivity (Wildman–Crippen MR) is 59.6 cm³/mol. The van der Waals surface area contributed by atoms with Gasteiger partial charge >= 0.3 is 0 Å². The zero-order valence-electron chi connectivity index (χ0n) is 9.78. The molecule has 4 aliphatic carbocycles. The van der Waals surface area contributed by atoms with Crippen LogP contribution in [0.3, 0.4) is 0 Å². The minimum atomic E-state index is 0.631. The largest absolute Gasteiger partial charge is 0.314 e. The van der Waals surface area contributed by atoms with Gasteiger partial charge in [0.15, 0.2) is 0 Å². The molecular formula is C13H23NO. The van der Waals surface area contributed by atoms with Crippen LogP contribution < -0.4 is 0 Å². The molecular weight excluding hydrogens is 186 g/mol. The van der Waals surface area contributed by atoms with Gasteiger partial charge in [-0.15, -0.1) is 0 Å². The number of nitrogens with zero attached hydrogens (tertiary/aromatic N) is 1. The minimum Gasteiger partial charge on any atom is -0.314 e. The average Bonchev–Trinajstić information content (AvgIpc) is 2.12. The van der Waals surface area contributed by atoms with Crippen LogP contribution in [0, 0.1) is 23.2 Å². The van der Waals surface area contributed by atoms with E-state index in [9.17, 15) is 5.21 Å². The molecule has 0 aromatic carbocycles. The summed E-state index contributed by atoms with van der Waals surface area (Å²) in [5.41, 5.74) is 0.631. The van der Waals surface area contributed by atoms with Crippen molar-refractivity contribution < 1.29 is 5.21 Å². The quantitative estimate of drug-likeness (QED) is 0.722. The van der Waals surface area contributed by atoms with Gasteiger partial charge in [0, 0.05) is 13.6 Å². The lowest BCUT2D eigenvalue weighted by atomic mass is 9.49. The van der Waals surface area contributed by atoms with Crippen molar-refractivity contribution in [2.45, 2.75) is 44.9 Å². The third-order valence-corrected chi connectivity index (χ3v) is 5.13. The van der Waals surface area contributed by atoms with E-state index in [1.807, 2.05) is 0 Å². The summed E-state index contributed by atoms with van der Waals surface area (Å²) in [6.45, 7) is 0.867. The smallest absolute Gasteiger partial charge is 0.0240 e. The SMILES string of the molecule is CN(O)CCC12CC3CC(CC(C3)C1)C2. The summed E-state index contributed by atoms with van der Waals surface area (Å²) in [4.78, 5) is 0. The molecule has 15 heavy (non-hydrogen) atoms. The topological polar surface area (TPSA) is 23.5 Å². The van der Waals surface area contributed by atoms with E-state index in [0.29, 0.717) is 5.41 Å².